The lowest BCUT2D eigenvalue weighted by Gasteiger charge is -2.34. The molecule has 21 heavy (non-hydrogen) atoms. The predicted molar refractivity (Wildman–Crippen MR) is 79.8 cm³/mol. The van der Waals surface area contributed by atoms with Crippen molar-refractivity contribution in [3.63, 3.8) is 0 Å². The zero-order valence-electron chi connectivity index (χ0n) is 12.0. The van der Waals surface area contributed by atoms with Crippen molar-refractivity contribution < 1.29 is 9.90 Å². The Bertz CT molecular complexity index is 617. The molecule has 0 atom stereocenters. The van der Waals surface area contributed by atoms with Crippen LogP contribution < -0.4 is 0 Å². The highest BCUT2D eigenvalue weighted by molar-refractivity contribution is 5.80. The topological polar surface area (TPSA) is 61.6 Å². The Morgan fingerprint density at radius 1 is 1.19 bits per heavy atom. The van der Waals surface area contributed by atoms with Gasteiger partial charge in [0.2, 0.25) is 5.91 Å². The molecule has 1 aliphatic heterocycles. The standard InChI is InChI=1S/C15H20N4O2/c20-10-9-17-5-7-18(8-6-17)15(21)11-19-12-16-13-3-1-2-4-14(13)19/h1-4,12,20H,5-11H2. The number of piperazine rings is 1. The number of benzene rings is 1. The van der Waals surface area contributed by atoms with Crippen LogP contribution in [0.25, 0.3) is 11.0 Å². The number of carbonyl (C=O) groups excluding carboxylic acids is 1. The molecule has 1 aliphatic rings. The van der Waals surface area contributed by atoms with Crippen molar-refractivity contribution in [1.82, 2.24) is 19.4 Å². The second-order valence-corrected chi connectivity index (χ2v) is 5.31. The minimum Gasteiger partial charge on any atom is -0.395 e. The number of aliphatic hydroxyl groups excluding tert-OH is 1. The number of hydrogen-bond donors (Lipinski definition) is 1. The van der Waals surface area contributed by atoms with E-state index in [1.165, 1.54) is 0 Å². The fourth-order valence-electron chi connectivity index (χ4n) is 2.74. The van der Waals surface area contributed by atoms with E-state index in [9.17, 15) is 4.79 Å². The summed E-state index contributed by atoms with van der Waals surface area (Å²) < 4.78 is 1.90. The quantitative estimate of drug-likeness (QED) is 0.871. The second-order valence-electron chi connectivity index (χ2n) is 5.31. The van der Waals surface area contributed by atoms with Gasteiger partial charge in [-0.3, -0.25) is 9.69 Å². The van der Waals surface area contributed by atoms with Crippen molar-refractivity contribution in [1.29, 1.82) is 0 Å². The number of aliphatic hydroxyl groups is 1. The average molecular weight is 288 g/mol. The molecule has 2 aromatic rings. The second kappa shape index (κ2) is 6.24. The lowest BCUT2D eigenvalue weighted by molar-refractivity contribution is -0.133. The Hall–Kier alpha value is -1.92. The Labute approximate surface area is 123 Å². The highest BCUT2D eigenvalue weighted by Crippen LogP contribution is 2.12. The summed E-state index contributed by atoms with van der Waals surface area (Å²) >= 11 is 0. The van der Waals surface area contributed by atoms with E-state index < -0.39 is 0 Å². The Morgan fingerprint density at radius 2 is 1.95 bits per heavy atom. The molecule has 6 heteroatoms. The number of carbonyl (C=O) groups is 1. The largest absolute Gasteiger partial charge is 0.395 e. The van der Waals surface area contributed by atoms with Crippen molar-refractivity contribution in [3.8, 4) is 0 Å². The third kappa shape index (κ3) is 3.06. The molecule has 0 bridgehead atoms. The molecule has 0 aliphatic carbocycles. The first-order chi connectivity index (χ1) is 10.3. The molecule has 1 aromatic heterocycles. The van der Waals surface area contributed by atoms with Gasteiger partial charge in [0.05, 0.1) is 24.0 Å². The predicted octanol–water partition coefficient (Wildman–Crippen LogP) is 0.173. The van der Waals surface area contributed by atoms with Crippen LogP contribution in [0.5, 0.6) is 0 Å². The molecule has 3 rings (SSSR count). The van der Waals surface area contributed by atoms with E-state index in [0.717, 1.165) is 37.2 Å². The molecular formula is C15H20N4O2. The lowest BCUT2D eigenvalue weighted by Crippen LogP contribution is -2.50. The minimum absolute atomic E-state index is 0.127. The van der Waals surface area contributed by atoms with E-state index in [1.54, 1.807) is 6.33 Å². The summed E-state index contributed by atoms with van der Waals surface area (Å²) in [5, 5.41) is 8.93. The number of aromatic nitrogens is 2. The highest BCUT2D eigenvalue weighted by Gasteiger charge is 2.21. The highest BCUT2D eigenvalue weighted by atomic mass is 16.3. The minimum atomic E-state index is 0.127. The summed E-state index contributed by atoms with van der Waals surface area (Å²) in [5.41, 5.74) is 1.91. The average Bonchev–Trinajstić information content (AvgIpc) is 2.92. The van der Waals surface area contributed by atoms with E-state index in [-0.39, 0.29) is 12.5 Å². The zero-order valence-corrected chi connectivity index (χ0v) is 12.0. The Balaban J connectivity index is 1.62. The molecule has 112 valence electrons. The van der Waals surface area contributed by atoms with E-state index in [2.05, 4.69) is 9.88 Å². The molecule has 0 spiro atoms. The van der Waals surface area contributed by atoms with Gasteiger partial charge in [-0.1, -0.05) is 12.1 Å². The van der Waals surface area contributed by atoms with Crippen LogP contribution in [0.4, 0.5) is 0 Å². The van der Waals surface area contributed by atoms with E-state index in [4.69, 9.17) is 5.11 Å². The molecular weight excluding hydrogens is 268 g/mol. The van der Waals surface area contributed by atoms with Crippen LogP contribution in [-0.2, 0) is 11.3 Å². The SMILES string of the molecule is O=C(Cn1cnc2ccccc21)N1CCN(CCO)CC1. The molecule has 1 aromatic carbocycles. The summed E-state index contributed by atoms with van der Waals surface area (Å²) in [6, 6.07) is 7.83. The van der Waals surface area contributed by atoms with Crippen molar-refractivity contribution >= 4 is 16.9 Å². The van der Waals surface area contributed by atoms with E-state index in [1.807, 2.05) is 33.7 Å². The Morgan fingerprint density at radius 3 is 2.71 bits per heavy atom. The van der Waals surface area contributed by atoms with Crippen LogP contribution in [-0.4, -0.2) is 69.7 Å². The van der Waals surface area contributed by atoms with Gasteiger partial charge in [0.25, 0.3) is 0 Å². The van der Waals surface area contributed by atoms with Gasteiger partial charge in [0, 0.05) is 32.7 Å². The van der Waals surface area contributed by atoms with Gasteiger partial charge in [0.15, 0.2) is 0 Å². The number of amides is 1. The number of hydrogen-bond acceptors (Lipinski definition) is 4. The Kier molecular flexibility index (Phi) is 4.17. The molecule has 0 unspecified atom stereocenters. The molecule has 1 N–H and O–H groups in total. The first-order valence-corrected chi connectivity index (χ1v) is 7.29. The van der Waals surface area contributed by atoms with Crippen LogP contribution in [0, 0.1) is 0 Å². The van der Waals surface area contributed by atoms with E-state index in [0.29, 0.717) is 13.1 Å². The van der Waals surface area contributed by atoms with E-state index >= 15 is 0 Å². The first kappa shape index (κ1) is 14.0. The van der Waals surface area contributed by atoms with Gasteiger partial charge in [-0.15, -0.1) is 0 Å². The monoisotopic (exact) mass is 288 g/mol. The summed E-state index contributed by atoms with van der Waals surface area (Å²) in [6.07, 6.45) is 1.73. The summed E-state index contributed by atoms with van der Waals surface area (Å²) in [5.74, 6) is 0.127. The van der Waals surface area contributed by atoms with Gasteiger partial charge in [0.1, 0.15) is 6.54 Å². The van der Waals surface area contributed by atoms with Crippen molar-refractivity contribution in [3.05, 3.63) is 30.6 Å². The van der Waals surface area contributed by atoms with Gasteiger partial charge in [-0.2, -0.15) is 0 Å². The fourth-order valence-corrected chi connectivity index (χ4v) is 2.74. The molecule has 0 radical (unpaired) electrons. The molecule has 6 nitrogen and oxygen atoms in total. The van der Waals surface area contributed by atoms with Gasteiger partial charge in [-0.25, -0.2) is 4.98 Å². The van der Waals surface area contributed by atoms with Crippen LogP contribution in [0.15, 0.2) is 30.6 Å². The molecule has 1 fully saturated rings. The zero-order chi connectivity index (χ0) is 14.7. The van der Waals surface area contributed by atoms with Crippen LogP contribution in [0.3, 0.4) is 0 Å². The van der Waals surface area contributed by atoms with Crippen LogP contribution in [0.2, 0.25) is 0 Å². The number of para-hydroxylation sites is 2. The van der Waals surface area contributed by atoms with Gasteiger partial charge >= 0.3 is 0 Å². The maximum absolute atomic E-state index is 12.4. The van der Waals surface area contributed by atoms with Gasteiger partial charge in [-0.05, 0) is 12.1 Å². The molecule has 0 saturated carbocycles. The number of β-amino-alcohol motifs (C(OH)–C–C–N with tert-alkyl or cyclic N) is 1. The van der Waals surface area contributed by atoms with Crippen LogP contribution in [0.1, 0.15) is 0 Å². The van der Waals surface area contributed by atoms with Crippen molar-refractivity contribution in [2.75, 3.05) is 39.3 Å². The number of rotatable bonds is 4. The van der Waals surface area contributed by atoms with Crippen molar-refractivity contribution in [2.45, 2.75) is 6.54 Å². The van der Waals surface area contributed by atoms with Crippen molar-refractivity contribution in [2.24, 2.45) is 0 Å². The number of nitrogens with zero attached hydrogens (tertiary/aromatic N) is 4. The van der Waals surface area contributed by atoms with Gasteiger partial charge < -0.3 is 14.6 Å². The number of fused-ring (bicyclic) bond motifs is 1. The maximum Gasteiger partial charge on any atom is 0.242 e. The maximum atomic E-state index is 12.4. The normalized spacial score (nSPS) is 16.5. The molecule has 2 heterocycles. The summed E-state index contributed by atoms with van der Waals surface area (Å²) in [4.78, 5) is 20.8. The fraction of sp³-hybridized carbons (Fsp3) is 0.467. The summed E-state index contributed by atoms with van der Waals surface area (Å²) in [6.45, 7) is 4.31. The first-order valence-electron chi connectivity index (χ1n) is 7.29. The summed E-state index contributed by atoms with van der Waals surface area (Å²) in [7, 11) is 0. The molecule has 1 amide bonds. The number of imidazole rings is 1. The van der Waals surface area contributed by atoms with Crippen LogP contribution >= 0.6 is 0 Å². The lowest BCUT2D eigenvalue weighted by atomic mass is 10.3. The third-order valence-corrected chi connectivity index (χ3v) is 3.97. The molecule has 1 saturated heterocycles. The smallest absolute Gasteiger partial charge is 0.242 e. The third-order valence-electron chi connectivity index (χ3n) is 3.97.